The monoisotopic (exact) mass is 331 g/mol. The first-order valence-electron chi connectivity index (χ1n) is 7.75. The van der Waals surface area contributed by atoms with Gasteiger partial charge in [-0.2, -0.15) is 4.98 Å². The minimum Gasteiger partial charge on any atom is -0.355 e. The van der Waals surface area contributed by atoms with Gasteiger partial charge in [0.1, 0.15) is 0 Å². The number of nitrogens with one attached hydrogen (secondary N) is 2. The van der Waals surface area contributed by atoms with E-state index >= 15 is 0 Å². The Bertz CT molecular complexity index is 460. The van der Waals surface area contributed by atoms with Crippen LogP contribution in [-0.2, 0) is 17.9 Å². The van der Waals surface area contributed by atoms with Crippen LogP contribution >= 0.6 is 12.4 Å². The van der Waals surface area contributed by atoms with Crippen LogP contribution in [-0.4, -0.2) is 28.1 Å². The molecule has 0 spiro atoms. The van der Waals surface area contributed by atoms with Crippen molar-refractivity contribution >= 4 is 18.3 Å². The van der Waals surface area contributed by atoms with Crippen LogP contribution in [0.1, 0.15) is 57.2 Å². The van der Waals surface area contributed by atoms with E-state index in [0.29, 0.717) is 24.8 Å². The lowest BCUT2D eigenvalue weighted by Gasteiger charge is -2.36. The van der Waals surface area contributed by atoms with Crippen LogP contribution < -0.4 is 16.4 Å². The third kappa shape index (κ3) is 4.66. The molecule has 8 heteroatoms. The van der Waals surface area contributed by atoms with Crippen molar-refractivity contribution in [3.63, 3.8) is 0 Å². The van der Waals surface area contributed by atoms with E-state index in [4.69, 9.17) is 10.3 Å². The molecule has 126 valence electrons. The van der Waals surface area contributed by atoms with Crippen LogP contribution in [0.3, 0.4) is 0 Å². The molecule has 22 heavy (non-hydrogen) atoms. The molecule has 1 aliphatic rings. The highest BCUT2D eigenvalue weighted by Gasteiger charge is 2.38. The standard InChI is InChI=1S/C14H25N5O2.ClH/c1-2-8-16-13(20)14(6-4-3-5-7-14)17-10-11-18-12(9-15)21-19-11;/h17H,2-10,15H2,1H3,(H,16,20);1H. The molecule has 0 radical (unpaired) electrons. The van der Waals surface area contributed by atoms with Crippen LogP contribution in [0.2, 0.25) is 0 Å². The quantitative estimate of drug-likeness (QED) is 0.694. The van der Waals surface area contributed by atoms with E-state index in [2.05, 4.69) is 27.7 Å². The number of halogens is 1. The smallest absolute Gasteiger partial charge is 0.240 e. The molecule has 0 atom stereocenters. The summed E-state index contributed by atoms with van der Waals surface area (Å²) in [4.78, 5) is 16.7. The number of aromatic nitrogens is 2. The molecule has 1 aromatic rings. The van der Waals surface area contributed by atoms with Crippen molar-refractivity contribution in [3.05, 3.63) is 11.7 Å². The predicted molar refractivity (Wildman–Crippen MR) is 85.4 cm³/mol. The average Bonchev–Trinajstić information content (AvgIpc) is 2.99. The van der Waals surface area contributed by atoms with Crippen LogP contribution in [0.4, 0.5) is 0 Å². The Morgan fingerprint density at radius 1 is 1.36 bits per heavy atom. The highest BCUT2D eigenvalue weighted by molar-refractivity contribution is 5.86. The number of hydrogen-bond acceptors (Lipinski definition) is 6. The number of carbonyl (C=O) groups excluding carboxylic acids is 1. The Balaban J connectivity index is 0.00000242. The number of nitrogens with zero attached hydrogens (tertiary/aromatic N) is 2. The maximum Gasteiger partial charge on any atom is 0.240 e. The summed E-state index contributed by atoms with van der Waals surface area (Å²) in [5, 5.41) is 10.2. The van der Waals surface area contributed by atoms with Gasteiger partial charge in [0, 0.05) is 6.54 Å². The molecule has 0 aliphatic heterocycles. The zero-order valence-corrected chi connectivity index (χ0v) is 13.9. The summed E-state index contributed by atoms with van der Waals surface area (Å²) in [6, 6.07) is 0. The second kappa shape index (κ2) is 9.07. The van der Waals surface area contributed by atoms with Gasteiger partial charge in [-0.15, -0.1) is 12.4 Å². The van der Waals surface area contributed by atoms with E-state index in [1.54, 1.807) is 0 Å². The molecular weight excluding hydrogens is 306 g/mol. The predicted octanol–water partition coefficient (Wildman–Crippen LogP) is 1.27. The van der Waals surface area contributed by atoms with E-state index in [0.717, 1.165) is 32.1 Å². The Labute approximate surface area is 137 Å². The molecule has 4 N–H and O–H groups in total. The zero-order chi connectivity index (χ0) is 15.1. The number of rotatable bonds is 7. The molecular formula is C14H26ClN5O2. The Hall–Kier alpha value is -1.18. The highest BCUT2D eigenvalue weighted by atomic mass is 35.5. The van der Waals surface area contributed by atoms with E-state index in [1.807, 2.05) is 0 Å². The van der Waals surface area contributed by atoms with Gasteiger partial charge in [-0.1, -0.05) is 31.3 Å². The third-order valence-electron chi connectivity index (χ3n) is 3.95. The average molecular weight is 332 g/mol. The van der Waals surface area contributed by atoms with Gasteiger partial charge in [-0.25, -0.2) is 0 Å². The van der Waals surface area contributed by atoms with E-state index in [9.17, 15) is 4.79 Å². The van der Waals surface area contributed by atoms with Crippen LogP contribution in [0, 0.1) is 0 Å². The van der Waals surface area contributed by atoms with Gasteiger partial charge in [0.2, 0.25) is 11.8 Å². The molecule has 1 aromatic heterocycles. The maximum atomic E-state index is 12.5. The van der Waals surface area contributed by atoms with Gasteiger partial charge in [0.05, 0.1) is 18.6 Å². The molecule has 0 aromatic carbocycles. The first kappa shape index (κ1) is 18.9. The summed E-state index contributed by atoms with van der Waals surface area (Å²) in [5.74, 6) is 1.05. The summed E-state index contributed by atoms with van der Waals surface area (Å²) in [7, 11) is 0. The van der Waals surface area contributed by atoms with Crippen molar-refractivity contribution < 1.29 is 9.32 Å². The largest absolute Gasteiger partial charge is 0.355 e. The molecule has 1 fully saturated rings. The maximum absolute atomic E-state index is 12.5. The normalized spacial score (nSPS) is 16.8. The molecule has 0 unspecified atom stereocenters. The molecule has 1 aliphatic carbocycles. The van der Waals surface area contributed by atoms with Crippen LogP contribution in [0.15, 0.2) is 4.52 Å². The molecule has 0 saturated heterocycles. The Morgan fingerprint density at radius 2 is 2.09 bits per heavy atom. The molecule has 1 amide bonds. The van der Waals surface area contributed by atoms with E-state index < -0.39 is 5.54 Å². The van der Waals surface area contributed by atoms with E-state index in [-0.39, 0.29) is 24.9 Å². The number of carbonyl (C=O) groups is 1. The van der Waals surface area contributed by atoms with Gasteiger partial charge < -0.3 is 15.6 Å². The summed E-state index contributed by atoms with van der Waals surface area (Å²) in [6.45, 7) is 3.41. The fourth-order valence-electron chi connectivity index (χ4n) is 2.74. The van der Waals surface area contributed by atoms with Gasteiger partial charge in [0.15, 0.2) is 5.82 Å². The van der Waals surface area contributed by atoms with Crippen molar-refractivity contribution in [1.29, 1.82) is 0 Å². The Kier molecular flexibility index (Phi) is 7.78. The fourth-order valence-corrected chi connectivity index (χ4v) is 2.74. The minimum absolute atomic E-state index is 0. The summed E-state index contributed by atoms with van der Waals surface area (Å²) in [6.07, 6.45) is 5.95. The molecule has 2 rings (SSSR count). The summed E-state index contributed by atoms with van der Waals surface area (Å²) < 4.78 is 4.99. The second-order valence-corrected chi connectivity index (χ2v) is 5.56. The molecule has 1 saturated carbocycles. The van der Waals surface area contributed by atoms with Gasteiger partial charge >= 0.3 is 0 Å². The van der Waals surface area contributed by atoms with Crippen molar-refractivity contribution in [3.8, 4) is 0 Å². The van der Waals surface area contributed by atoms with Crippen molar-refractivity contribution in [2.75, 3.05) is 6.54 Å². The molecule has 0 bridgehead atoms. The lowest BCUT2D eigenvalue weighted by molar-refractivity contribution is -0.129. The van der Waals surface area contributed by atoms with Crippen molar-refractivity contribution in [2.24, 2.45) is 5.73 Å². The third-order valence-corrected chi connectivity index (χ3v) is 3.95. The van der Waals surface area contributed by atoms with Gasteiger partial charge in [-0.3, -0.25) is 10.1 Å². The van der Waals surface area contributed by atoms with Gasteiger partial charge in [-0.05, 0) is 19.3 Å². The fraction of sp³-hybridized carbons (Fsp3) is 0.786. The highest BCUT2D eigenvalue weighted by Crippen LogP contribution is 2.28. The first-order valence-corrected chi connectivity index (χ1v) is 7.75. The van der Waals surface area contributed by atoms with Crippen molar-refractivity contribution in [2.45, 2.75) is 64.1 Å². The number of hydrogen-bond donors (Lipinski definition) is 3. The van der Waals surface area contributed by atoms with E-state index in [1.165, 1.54) is 6.42 Å². The molecule has 7 nitrogen and oxygen atoms in total. The molecule has 1 heterocycles. The Morgan fingerprint density at radius 3 is 2.68 bits per heavy atom. The first-order chi connectivity index (χ1) is 10.2. The minimum atomic E-state index is -0.503. The SMILES string of the molecule is CCCNC(=O)C1(NCc2noc(CN)n2)CCCCC1.Cl. The van der Waals surface area contributed by atoms with Crippen molar-refractivity contribution in [1.82, 2.24) is 20.8 Å². The second-order valence-electron chi connectivity index (χ2n) is 5.56. The van der Waals surface area contributed by atoms with Crippen LogP contribution in [0.5, 0.6) is 0 Å². The zero-order valence-electron chi connectivity index (χ0n) is 13.1. The number of nitrogens with two attached hydrogens (primary N) is 1. The lowest BCUT2D eigenvalue weighted by atomic mass is 9.80. The van der Waals surface area contributed by atoms with Crippen LogP contribution in [0.25, 0.3) is 0 Å². The van der Waals surface area contributed by atoms with Gasteiger partial charge in [0.25, 0.3) is 0 Å². The number of amides is 1. The topological polar surface area (TPSA) is 106 Å². The summed E-state index contributed by atoms with van der Waals surface area (Å²) >= 11 is 0. The summed E-state index contributed by atoms with van der Waals surface area (Å²) in [5.41, 5.74) is 4.95. The lowest BCUT2D eigenvalue weighted by Crippen LogP contribution is -2.57.